The van der Waals surface area contributed by atoms with E-state index >= 15 is 0 Å². The van der Waals surface area contributed by atoms with Crippen molar-refractivity contribution in [3.63, 3.8) is 0 Å². The highest BCUT2D eigenvalue weighted by molar-refractivity contribution is 7.09. The zero-order valence-corrected chi connectivity index (χ0v) is 9.85. The predicted octanol–water partition coefficient (Wildman–Crippen LogP) is 0.561. The summed E-state index contributed by atoms with van der Waals surface area (Å²) >= 11 is 1.18. The van der Waals surface area contributed by atoms with E-state index in [1.807, 2.05) is 0 Å². The first-order chi connectivity index (χ1) is 8.66. The van der Waals surface area contributed by atoms with Gasteiger partial charge in [0.05, 0.1) is 24.5 Å². The maximum Gasteiger partial charge on any atom is 0.355 e. The Hall–Kier alpha value is -2.35. The molecule has 2 aromatic heterocycles. The average molecular weight is 264 g/mol. The summed E-state index contributed by atoms with van der Waals surface area (Å²) in [5.74, 6) is -1.39. The van der Waals surface area contributed by atoms with E-state index in [0.717, 1.165) is 0 Å². The van der Waals surface area contributed by atoms with Crippen molar-refractivity contribution in [2.24, 2.45) is 0 Å². The molecule has 0 aliphatic heterocycles. The van der Waals surface area contributed by atoms with Crippen molar-refractivity contribution >= 4 is 23.2 Å². The highest BCUT2D eigenvalue weighted by atomic mass is 32.1. The van der Waals surface area contributed by atoms with E-state index in [-0.39, 0.29) is 18.1 Å². The molecule has 0 unspecified atom stereocenters. The summed E-state index contributed by atoms with van der Waals surface area (Å²) in [6, 6.07) is 1.53. The Balaban J connectivity index is 1.95. The van der Waals surface area contributed by atoms with E-state index in [4.69, 9.17) is 5.11 Å². The largest absolute Gasteiger partial charge is 0.476 e. The van der Waals surface area contributed by atoms with E-state index in [0.29, 0.717) is 10.6 Å². The van der Waals surface area contributed by atoms with Gasteiger partial charge >= 0.3 is 5.97 Å². The number of nitrogens with zero attached hydrogens (tertiary/aromatic N) is 3. The lowest BCUT2D eigenvalue weighted by Crippen LogP contribution is -2.23. The van der Waals surface area contributed by atoms with Gasteiger partial charge in [0.2, 0.25) is 0 Å². The van der Waals surface area contributed by atoms with Crippen LogP contribution in [0.2, 0.25) is 0 Å². The molecular weight excluding hydrogens is 256 g/mol. The molecule has 0 fully saturated rings. The van der Waals surface area contributed by atoms with Crippen LogP contribution in [0.3, 0.4) is 0 Å². The van der Waals surface area contributed by atoms with Crippen molar-refractivity contribution in [2.75, 3.05) is 0 Å². The van der Waals surface area contributed by atoms with Gasteiger partial charge in [0, 0.05) is 5.38 Å². The van der Waals surface area contributed by atoms with Gasteiger partial charge in [0.25, 0.3) is 5.91 Å². The van der Waals surface area contributed by atoms with Crippen molar-refractivity contribution < 1.29 is 14.7 Å². The van der Waals surface area contributed by atoms with Crippen LogP contribution in [0.4, 0.5) is 0 Å². The SMILES string of the molecule is O=C(NCc1nc(C(=O)O)cs1)c1ccnnc1. The number of carbonyl (C=O) groups is 2. The lowest BCUT2D eigenvalue weighted by Gasteiger charge is -2.01. The molecule has 2 aromatic rings. The van der Waals surface area contributed by atoms with Gasteiger partial charge in [-0.25, -0.2) is 9.78 Å². The first-order valence-corrected chi connectivity index (χ1v) is 5.77. The first-order valence-electron chi connectivity index (χ1n) is 4.89. The van der Waals surface area contributed by atoms with Crippen molar-refractivity contribution in [3.05, 3.63) is 40.1 Å². The molecule has 0 atom stereocenters. The van der Waals surface area contributed by atoms with Crippen molar-refractivity contribution in [3.8, 4) is 0 Å². The quantitative estimate of drug-likeness (QED) is 0.836. The van der Waals surface area contributed by atoms with Gasteiger partial charge in [-0.2, -0.15) is 10.2 Å². The van der Waals surface area contributed by atoms with Crippen LogP contribution in [0.1, 0.15) is 25.9 Å². The Labute approximate surface area is 106 Å². The van der Waals surface area contributed by atoms with Crippen LogP contribution >= 0.6 is 11.3 Å². The number of hydrogen-bond donors (Lipinski definition) is 2. The smallest absolute Gasteiger partial charge is 0.355 e. The zero-order chi connectivity index (χ0) is 13.0. The summed E-state index contributed by atoms with van der Waals surface area (Å²) < 4.78 is 0. The second-order valence-electron chi connectivity index (χ2n) is 3.25. The number of aromatic carboxylic acids is 1. The molecule has 0 saturated carbocycles. The number of rotatable bonds is 4. The molecule has 1 amide bonds. The van der Waals surface area contributed by atoms with Crippen molar-refractivity contribution in [1.29, 1.82) is 0 Å². The molecule has 0 aromatic carbocycles. The topological polar surface area (TPSA) is 105 Å². The third-order valence-electron chi connectivity index (χ3n) is 2.02. The Kier molecular flexibility index (Phi) is 3.58. The molecule has 0 spiro atoms. The second-order valence-corrected chi connectivity index (χ2v) is 4.19. The van der Waals surface area contributed by atoms with Gasteiger partial charge in [0.1, 0.15) is 5.01 Å². The molecule has 0 bridgehead atoms. The van der Waals surface area contributed by atoms with Crippen LogP contribution in [0, 0.1) is 0 Å². The average Bonchev–Trinajstić information content (AvgIpc) is 2.86. The third-order valence-corrected chi connectivity index (χ3v) is 2.87. The van der Waals surface area contributed by atoms with E-state index in [1.165, 1.54) is 35.2 Å². The second kappa shape index (κ2) is 5.32. The van der Waals surface area contributed by atoms with E-state index in [2.05, 4.69) is 20.5 Å². The van der Waals surface area contributed by atoms with Crippen LogP contribution in [-0.2, 0) is 6.54 Å². The molecule has 0 radical (unpaired) electrons. The maximum absolute atomic E-state index is 11.6. The van der Waals surface area contributed by atoms with Gasteiger partial charge in [-0.15, -0.1) is 11.3 Å². The maximum atomic E-state index is 11.6. The van der Waals surface area contributed by atoms with Crippen molar-refractivity contribution in [2.45, 2.75) is 6.54 Å². The van der Waals surface area contributed by atoms with Crippen molar-refractivity contribution in [1.82, 2.24) is 20.5 Å². The van der Waals surface area contributed by atoms with Gasteiger partial charge in [-0.05, 0) is 6.07 Å². The first kappa shape index (κ1) is 12.1. The van der Waals surface area contributed by atoms with Gasteiger partial charge in [-0.1, -0.05) is 0 Å². The van der Waals surface area contributed by atoms with E-state index in [9.17, 15) is 9.59 Å². The molecule has 0 saturated heterocycles. The molecule has 92 valence electrons. The molecule has 2 N–H and O–H groups in total. The van der Waals surface area contributed by atoms with Crippen LogP contribution < -0.4 is 5.32 Å². The Bertz CT molecular complexity index is 570. The summed E-state index contributed by atoms with van der Waals surface area (Å²) in [6.07, 6.45) is 2.76. The number of carbonyl (C=O) groups excluding carboxylic acids is 1. The van der Waals surface area contributed by atoms with E-state index in [1.54, 1.807) is 0 Å². The van der Waals surface area contributed by atoms with Crippen LogP contribution in [0.5, 0.6) is 0 Å². The Morgan fingerprint density at radius 3 is 2.83 bits per heavy atom. The number of amides is 1. The minimum Gasteiger partial charge on any atom is -0.476 e. The number of aromatic nitrogens is 3. The predicted molar refractivity (Wildman–Crippen MR) is 62.3 cm³/mol. The monoisotopic (exact) mass is 264 g/mol. The summed E-state index contributed by atoms with van der Waals surface area (Å²) in [6.45, 7) is 0.180. The Morgan fingerprint density at radius 1 is 1.39 bits per heavy atom. The normalized spacial score (nSPS) is 10.0. The lowest BCUT2D eigenvalue weighted by molar-refractivity contribution is 0.0691. The number of nitrogens with one attached hydrogen (secondary N) is 1. The van der Waals surface area contributed by atoms with Crippen LogP contribution in [-0.4, -0.2) is 32.2 Å². The number of carboxylic acid groups (broad SMARTS) is 1. The molecule has 2 rings (SSSR count). The lowest BCUT2D eigenvalue weighted by atomic mass is 10.3. The summed E-state index contributed by atoms with van der Waals surface area (Å²) in [4.78, 5) is 26.1. The molecule has 8 heteroatoms. The van der Waals surface area contributed by atoms with Crippen LogP contribution in [0.25, 0.3) is 0 Å². The Morgan fingerprint density at radius 2 is 2.22 bits per heavy atom. The summed E-state index contributed by atoms with van der Waals surface area (Å²) in [5.41, 5.74) is 0.370. The van der Waals surface area contributed by atoms with Crippen LogP contribution in [0.15, 0.2) is 23.8 Å². The molecule has 0 aliphatic carbocycles. The van der Waals surface area contributed by atoms with E-state index < -0.39 is 5.97 Å². The minimum absolute atomic E-state index is 0.0187. The molecule has 18 heavy (non-hydrogen) atoms. The third kappa shape index (κ3) is 2.86. The fourth-order valence-electron chi connectivity index (χ4n) is 1.17. The summed E-state index contributed by atoms with van der Waals surface area (Å²) in [5, 5.41) is 20.4. The minimum atomic E-state index is -1.08. The van der Waals surface area contributed by atoms with Gasteiger partial charge < -0.3 is 10.4 Å². The summed E-state index contributed by atoms with van der Waals surface area (Å²) in [7, 11) is 0. The molecule has 2 heterocycles. The fourth-order valence-corrected chi connectivity index (χ4v) is 1.88. The number of carboxylic acids is 1. The number of thiazole rings is 1. The van der Waals surface area contributed by atoms with Gasteiger partial charge in [0.15, 0.2) is 5.69 Å². The fraction of sp³-hybridized carbons (Fsp3) is 0.100. The standard InChI is InChI=1S/C10H8N4O3S/c15-9(6-1-2-12-13-3-6)11-4-8-14-7(5-18-8)10(16)17/h1-3,5H,4H2,(H,11,15)(H,16,17). The highest BCUT2D eigenvalue weighted by Crippen LogP contribution is 2.09. The molecule has 7 nitrogen and oxygen atoms in total. The van der Waals surface area contributed by atoms with Gasteiger partial charge in [-0.3, -0.25) is 4.79 Å². The molecule has 0 aliphatic rings. The molecular formula is C10H8N4O3S. The zero-order valence-electron chi connectivity index (χ0n) is 9.03. The number of hydrogen-bond acceptors (Lipinski definition) is 6. The highest BCUT2D eigenvalue weighted by Gasteiger charge is 2.10.